The molecule has 25 heavy (non-hydrogen) atoms. The quantitative estimate of drug-likeness (QED) is 0.704. The summed E-state index contributed by atoms with van der Waals surface area (Å²) >= 11 is 0. The molecular formula is C21H23N3O. The highest BCUT2D eigenvalue weighted by atomic mass is 16.5. The zero-order chi connectivity index (χ0) is 17.4. The van der Waals surface area contributed by atoms with Crippen molar-refractivity contribution >= 4 is 16.7 Å². The number of nitrogens with zero attached hydrogens (tertiary/aromatic N) is 3. The highest BCUT2D eigenvalue weighted by Gasteiger charge is 2.25. The third-order valence-corrected chi connectivity index (χ3v) is 4.58. The second-order valence-corrected chi connectivity index (χ2v) is 6.92. The molecule has 0 amide bonds. The summed E-state index contributed by atoms with van der Waals surface area (Å²) in [5.41, 5.74) is 3.25. The van der Waals surface area contributed by atoms with Crippen molar-refractivity contribution in [2.24, 2.45) is 0 Å². The van der Waals surface area contributed by atoms with Gasteiger partial charge in [0.25, 0.3) is 0 Å². The summed E-state index contributed by atoms with van der Waals surface area (Å²) in [7, 11) is 0. The predicted molar refractivity (Wildman–Crippen MR) is 102 cm³/mol. The van der Waals surface area contributed by atoms with Gasteiger partial charge in [-0.1, -0.05) is 35.9 Å². The number of rotatable bonds is 2. The lowest BCUT2D eigenvalue weighted by Gasteiger charge is -2.36. The SMILES string of the molecule is Cc1cccc(-c2nc(N3CC(C)OC(C)C3)c3ccccc3n2)c1. The van der Waals surface area contributed by atoms with Gasteiger partial charge in [0.15, 0.2) is 5.82 Å². The zero-order valence-electron chi connectivity index (χ0n) is 14.9. The Bertz CT molecular complexity index is 899. The van der Waals surface area contributed by atoms with Gasteiger partial charge in [0.1, 0.15) is 5.82 Å². The van der Waals surface area contributed by atoms with Gasteiger partial charge < -0.3 is 9.64 Å². The molecule has 2 heterocycles. The third kappa shape index (κ3) is 3.22. The van der Waals surface area contributed by atoms with Crippen molar-refractivity contribution in [2.45, 2.75) is 33.0 Å². The molecule has 0 radical (unpaired) electrons. The van der Waals surface area contributed by atoms with Crippen LogP contribution in [0.25, 0.3) is 22.3 Å². The van der Waals surface area contributed by atoms with E-state index in [9.17, 15) is 0 Å². The van der Waals surface area contributed by atoms with Crippen LogP contribution in [0, 0.1) is 6.92 Å². The van der Waals surface area contributed by atoms with E-state index in [1.54, 1.807) is 0 Å². The number of anilines is 1. The van der Waals surface area contributed by atoms with Crippen LogP contribution in [0.2, 0.25) is 0 Å². The summed E-state index contributed by atoms with van der Waals surface area (Å²) in [5.74, 6) is 1.79. The molecule has 0 bridgehead atoms. The molecule has 0 aliphatic carbocycles. The fourth-order valence-electron chi connectivity index (χ4n) is 3.56. The minimum Gasteiger partial charge on any atom is -0.372 e. The molecule has 4 heteroatoms. The van der Waals surface area contributed by atoms with E-state index < -0.39 is 0 Å². The molecule has 1 aromatic heterocycles. The van der Waals surface area contributed by atoms with E-state index in [1.165, 1.54) is 5.56 Å². The van der Waals surface area contributed by atoms with E-state index in [1.807, 2.05) is 6.07 Å². The van der Waals surface area contributed by atoms with Crippen molar-refractivity contribution in [3.05, 3.63) is 54.1 Å². The Labute approximate surface area is 148 Å². The number of hydrogen-bond donors (Lipinski definition) is 0. The van der Waals surface area contributed by atoms with Crippen LogP contribution in [0.5, 0.6) is 0 Å². The maximum Gasteiger partial charge on any atom is 0.162 e. The molecule has 4 rings (SSSR count). The molecule has 0 spiro atoms. The first kappa shape index (κ1) is 16.0. The summed E-state index contributed by atoms with van der Waals surface area (Å²) in [6.07, 6.45) is 0.389. The topological polar surface area (TPSA) is 38.2 Å². The van der Waals surface area contributed by atoms with Crippen LogP contribution < -0.4 is 4.90 Å². The van der Waals surface area contributed by atoms with Crippen molar-refractivity contribution < 1.29 is 4.74 Å². The zero-order valence-corrected chi connectivity index (χ0v) is 14.9. The number of hydrogen-bond acceptors (Lipinski definition) is 4. The number of benzene rings is 2. The van der Waals surface area contributed by atoms with Gasteiger partial charge in [-0.05, 0) is 39.0 Å². The van der Waals surface area contributed by atoms with Gasteiger partial charge in [-0.25, -0.2) is 9.97 Å². The molecule has 0 N–H and O–H groups in total. The van der Waals surface area contributed by atoms with Crippen LogP contribution in [0.4, 0.5) is 5.82 Å². The monoisotopic (exact) mass is 333 g/mol. The molecule has 128 valence electrons. The highest BCUT2D eigenvalue weighted by molar-refractivity contribution is 5.91. The lowest BCUT2D eigenvalue weighted by molar-refractivity contribution is -0.00536. The van der Waals surface area contributed by atoms with E-state index >= 15 is 0 Å². The van der Waals surface area contributed by atoms with Crippen LogP contribution in [-0.4, -0.2) is 35.3 Å². The lowest BCUT2D eigenvalue weighted by Crippen LogP contribution is -2.46. The van der Waals surface area contributed by atoms with E-state index in [-0.39, 0.29) is 12.2 Å². The smallest absolute Gasteiger partial charge is 0.162 e. The Hall–Kier alpha value is -2.46. The predicted octanol–water partition coefficient (Wildman–Crippen LogP) is 4.22. The Morgan fingerprint density at radius 3 is 2.48 bits per heavy atom. The number of aryl methyl sites for hydroxylation is 1. The summed E-state index contributed by atoms with van der Waals surface area (Å²) in [4.78, 5) is 12.1. The number of morpholine rings is 1. The molecule has 4 nitrogen and oxygen atoms in total. The van der Waals surface area contributed by atoms with Gasteiger partial charge >= 0.3 is 0 Å². The van der Waals surface area contributed by atoms with Gasteiger partial charge in [-0.3, -0.25) is 0 Å². The molecule has 2 unspecified atom stereocenters. The summed E-state index contributed by atoms with van der Waals surface area (Å²) in [6, 6.07) is 16.6. The fourth-order valence-corrected chi connectivity index (χ4v) is 3.56. The van der Waals surface area contributed by atoms with E-state index in [4.69, 9.17) is 14.7 Å². The summed E-state index contributed by atoms with van der Waals surface area (Å²) in [6.45, 7) is 8.02. The molecule has 3 aromatic rings. The molecule has 1 fully saturated rings. The summed E-state index contributed by atoms with van der Waals surface area (Å²) in [5, 5.41) is 1.10. The molecular weight excluding hydrogens is 310 g/mol. The van der Waals surface area contributed by atoms with Crippen molar-refractivity contribution in [1.29, 1.82) is 0 Å². The fraction of sp³-hybridized carbons (Fsp3) is 0.333. The molecule has 2 atom stereocenters. The standard InChI is InChI=1S/C21H23N3O/c1-14-7-6-8-17(11-14)20-22-19-10-5-4-9-18(19)21(23-20)24-12-15(2)25-16(3)13-24/h4-11,15-16H,12-13H2,1-3H3. The van der Waals surface area contributed by atoms with E-state index in [2.05, 4.69) is 68.1 Å². The van der Waals surface area contributed by atoms with Gasteiger partial charge in [0.05, 0.1) is 17.7 Å². The van der Waals surface area contributed by atoms with Crippen LogP contribution in [0.15, 0.2) is 48.5 Å². The Kier molecular flexibility index (Phi) is 4.14. The average Bonchev–Trinajstić information content (AvgIpc) is 2.60. The van der Waals surface area contributed by atoms with Gasteiger partial charge in [-0.15, -0.1) is 0 Å². The van der Waals surface area contributed by atoms with Crippen LogP contribution in [-0.2, 0) is 4.74 Å². The first-order valence-electron chi connectivity index (χ1n) is 8.84. The second kappa shape index (κ2) is 6.45. The van der Waals surface area contributed by atoms with Crippen molar-refractivity contribution in [2.75, 3.05) is 18.0 Å². The van der Waals surface area contributed by atoms with Crippen molar-refractivity contribution in [3.63, 3.8) is 0 Å². The van der Waals surface area contributed by atoms with Gasteiger partial charge in [-0.2, -0.15) is 0 Å². The Balaban J connectivity index is 1.87. The molecule has 2 aromatic carbocycles. The van der Waals surface area contributed by atoms with Gasteiger partial charge in [0, 0.05) is 24.0 Å². The van der Waals surface area contributed by atoms with Crippen LogP contribution in [0.3, 0.4) is 0 Å². The van der Waals surface area contributed by atoms with E-state index in [0.29, 0.717) is 0 Å². The molecule has 1 aliphatic rings. The first-order chi connectivity index (χ1) is 12.1. The molecule has 1 saturated heterocycles. The molecule has 1 aliphatic heterocycles. The number of para-hydroxylation sites is 1. The molecule has 0 saturated carbocycles. The highest BCUT2D eigenvalue weighted by Crippen LogP contribution is 2.29. The average molecular weight is 333 g/mol. The normalized spacial score (nSPS) is 20.8. The maximum absolute atomic E-state index is 5.90. The van der Waals surface area contributed by atoms with Gasteiger partial charge in [0.2, 0.25) is 0 Å². The number of ether oxygens (including phenoxy) is 1. The van der Waals surface area contributed by atoms with Crippen LogP contribution >= 0.6 is 0 Å². The lowest BCUT2D eigenvalue weighted by atomic mass is 10.1. The number of aromatic nitrogens is 2. The number of fused-ring (bicyclic) bond motifs is 1. The Morgan fingerprint density at radius 1 is 0.960 bits per heavy atom. The van der Waals surface area contributed by atoms with Crippen molar-refractivity contribution in [1.82, 2.24) is 9.97 Å². The largest absolute Gasteiger partial charge is 0.372 e. The second-order valence-electron chi connectivity index (χ2n) is 6.92. The third-order valence-electron chi connectivity index (χ3n) is 4.58. The summed E-state index contributed by atoms with van der Waals surface area (Å²) < 4.78 is 5.90. The first-order valence-corrected chi connectivity index (χ1v) is 8.84. The van der Waals surface area contributed by atoms with Crippen LogP contribution in [0.1, 0.15) is 19.4 Å². The minimum absolute atomic E-state index is 0.194. The maximum atomic E-state index is 5.90. The van der Waals surface area contributed by atoms with Crippen molar-refractivity contribution in [3.8, 4) is 11.4 Å². The van der Waals surface area contributed by atoms with E-state index in [0.717, 1.165) is 41.2 Å². The Morgan fingerprint density at radius 2 is 1.72 bits per heavy atom. The minimum atomic E-state index is 0.194.